The van der Waals surface area contributed by atoms with Gasteiger partial charge in [0.25, 0.3) is 0 Å². The summed E-state index contributed by atoms with van der Waals surface area (Å²) in [5, 5.41) is 11.8. The van der Waals surface area contributed by atoms with Crippen LogP contribution < -0.4 is 10.2 Å². The van der Waals surface area contributed by atoms with E-state index in [4.69, 9.17) is 4.98 Å². The monoisotopic (exact) mass is 361 g/mol. The van der Waals surface area contributed by atoms with E-state index < -0.39 is 0 Å². The maximum absolute atomic E-state index is 4.73. The SMILES string of the molecule is CCc1cccc(CC)c1Nc1nncc(N(CC)Cc2ccccc2)n1. The van der Waals surface area contributed by atoms with Crippen LogP contribution in [-0.4, -0.2) is 21.7 Å². The van der Waals surface area contributed by atoms with Crippen molar-refractivity contribution in [2.24, 2.45) is 0 Å². The predicted octanol–water partition coefficient (Wildman–Crippen LogP) is 4.77. The Morgan fingerprint density at radius 3 is 2.22 bits per heavy atom. The van der Waals surface area contributed by atoms with Crippen molar-refractivity contribution in [3.05, 3.63) is 71.4 Å². The fraction of sp³-hybridized carbons (Fsp3) is 0.318. The lowest BCUT2D eigenvalue weighted by molar-refractivity contribution is 0.798. The quantitative estimate of drug-likeness (QED) is 0.626. The molecular weight excluding hydrogens is 334 g/mol. The highest BCUT2D eigenvalue weighted by atomic mass is 15.3. The number of para-hydroxylation sites is 1. The number of rotatable bonds is 8. The molecule has 27 heavy (non-hydrogen) atoms. The summed E-state index contributed by atoms with van der Waals surface area (Å²) in [5.74, 6) is 1.36. The average molecular weight is 361 g/mol. The number of nitrogens with zero attached hydrogens (tertiary/aromatic N) is 4. The molecule has 0 bridgehead atoms. The first-order chi connectivity index (χ1) is 13.2. The van der Waals surface area contributed by atoms with Gasteiger partial charge in [0, 0.05) is 18.8 Å². The van der Waals surface area contributed by atoms with Gasteiger partial charge in [0.1, 0.15) is 0 Å². The Morgan fingerprint density at radius 1 is 0.889 bits per heavy atom. The van der Waals surface area contributed by atoms with E-state index >= 15 is 0 Å². The lowest BCUT2D eigenvalue weighted by atomic mass is 10.0. The summed E-state index contributed by atoms with van der Waals surface area (Å²) in [6, 6.07) is 16.8. The molecule has 5 heteroatoms. The number of benzene rings is 2. The second kappa shape index (κ2) is 9.12. The molecule has 0 aliphatic carbocycles. The largest absolute Gasteiger partial charge is 0.351 e. The van der Waals surface area contributed by atoms with Crippen LogP contribution in [0.25, 0.3) is 0 Å². The third-order valence-corrected chi connectivity index (χ3v) is 4.70. The standard InChI is InChI=1S/C22H27N5/c1-4-18-13-10-14-19(5-2)21(18)25-22-24-20(15-23-26-22)27(6-3)16-17-11-8-7-9-12-17/h7-15H,4-6,16H2,1-3H3,(H,24,25,26). The van der Waals surface area contributed by atoms with Crippen molar-refractivity contribution in [3.63, 3.8) is 0 Å². The zero-order valence-corrected chi connectivity index (χ0v) is 16.3. The Hall–Kier alpha value is -2.95. The van der Waals surface area contributed by atoms with E-state index in [0.717, 1.165) is 37.4 Å². The molecule has 0 saturated carbocycles. The van der Waals surface area contributed by atoms with Gasteiger partial charge in [0.05, 0.1) is 6.20 Å². The van der Waals surface area contributed by atoms with Gasteiger partial charge in [-0.1, -0.05) is 62.4 Å². The van der Waals surface area contributed by atoms with Crippen LogP contribution in [0.1, 0.15) is 37.5 Å². The van der Waals surface area contributed by atoms with Gasteiger partial charge in [0.2, 0.25) is 5.95 Å². The zero-order chi connectivity index (χ0) is 19.1. The first-order valence-corrected chi connectivity index (χ1v) is 9.61. The van der Waals surface area contributed by atoms with Crippen LogP contribution in [0.3, 0.4) is 0 Å². The second-order valence-corrected chi connectivity index (χ2v) is 6.42. The van der Waals surface area contributed by atoms with Gasteiger partial charge >= 0.3 is 0 Å². The molecule has 2 aromatic carbocycles. The van der Waals surface area contributed by atoms with Crippen molar-refractivity contribution in [2.45, 2.75) is 40.2 Å². The van der Waals surface area contributed by atoms with Gasteiger partial charge in [0.15, 0.2) is 5.82 Å². The van der Waals surface area contributed by atoms with Gasteiger partial charge in [-0.25, -0.2) is 0 Å². The highest BCUT2D eigenvalue weighted by molar-refractivity contribution is 5.64. The van der Waals surface area contributed by atoms with Crippen LogP contribution in [0.2, 0.25) is 0 Å². The molecule has 3 aromatic rings. The van der Waals surface area contributed by atoms with Crippen molar-refractivity contribution in [3.8, 4) is 0 Å². The Morgan fingerprint density at radius 2 is 1.59 bits per heavy atom. The Bertz CT molecular complexity index is 841. The van der Waals surface area contributed by atoms with Crippen molar-refractivity contribution in [2.75, 3.05) is 16.8 Å². The third-order valence-electron chi connectivity index (χ3n) is 4.70. The van der Waals surface area contributed by atoms with E-state index in [1.165, 1.54) is 16.7 Å². The highest BCUT2D eigenvalue weighted by Crippen LogP contribution is 2.25. The van der Waals surface area contributed by atoms with E-state index in [1.807, 2.05) is 6.07 Å². The smallest absolute Gasteiger partial charge is 0.249 e. The highest BCUT2D eigenvalue weighted by Gasteiger charge is 2.12. The fourth-order valence-corrected chi connectivity index (χ4v) is 3.17. The molecule has 0 amide bonds. The molecule has 1 N–H and O–H groups in total. The molecule has 0 fully saturated rings. The zero-order valence-electron chi connectivity index (χ0n) is 16.3. The van der Waals surface area contributed by atoms with E-state index in [0.29, 0.717) is 5.95 Å². The first-order valence-electron chi connectivity index (χ1n) is 9.61. The molecule has 5 nitrogen and oxygen atoms in total. The Kier molecular flexibility index (Phi) is 6.36. The minimum atomic E-state index is 0.537. The molecule has 0 saturated heterocycles. The summed E-state index contributed by atoms with van der Waals surface area (Å²) in [7, 11) is 0. The summed E-state index contributed by atoms with van der Waals surface area (Å²) in [5.41, 5.74) is 4.88. The summed E-state index contributed by atoms with van der Waals surface area (Å²) in [6.45, 7) is 8.09. The van der Waals surface area contributed by atoms with Crippen molar-refractivity contribution in [1.82, 2.24) is 15.2 Å². The molecular formula is C22H27N5. The summed E-state index contributed by atoms with van der Waals surface area (Å²) in [4.78, 5) is 6.92. The number of hydrogen-bond donors (Lipinski definition) is 1. The van der Waals surface area contributed by atoms with Gasteiger partial charge in [-0.2, -0.15) is 10.1 Å². The normalized spacial score (nSPS) is 10.6. The molecule has 140 valence electrons. The number of hydrogen-bond acceptors (Lipinski definition) is 5. The molecule has 0 spiro atoms. The van der Waals surface area contributed by atoms with E-state index in [-0.39, 0.29) is 0 Å². The van der Waals surface area contributed by atoms with Crippen LogP contribution >= 0.6 is 0 Å². The molecule has 0 radical (unpaired) electrons. The lowest BCUT2D eigenvalue weighted by Gasteiger charge is -2.22. The van der Waals surface area contributed by atoms with Crippen LogP contribution in [0, 0.1) is 0 Å². The molecule has 3 rings (SSSR count). The first kappa shape index (κ1) is 18.8. The molecule has 0 aliphatic heterocycles. The number of anilines is 3. The molecule has 0 atom stereocenters. The summed E-state index contributed by atoms with van der Waals surface area (Å²) >= 11 is 0. The number of nitrogens with one attached hydrogen (secondary N) is 1. The Labute approximate surface area is 161 Å². The van der Waals surface area contributed by atoms with Crippen molar-refractivity contribution >= 4 is 17.5 Å². The van der Waals surface area contributed by atoms with E-state index in [2.05, 4.69) is 83.6 Å². The summed E-state index contributed by atoms with van der Waals surface area (Å²) < 4.78 is 0. The van der Waals surface area contributed by atoms with E-state index in [9.17, 15) is 0 Å². The van der Waals surface area contributed by atoms with Crippen LogP contribution in [-0.2, 0) is 19.4 Å². The Balaban J connectivity index is 1.85. The molecule has 0 aliphatic rings. The molecule has 1 aromatic heterocycles. The maximum Gasteiger partial charge on any atom is 0.249 e. The van der Waals surface area contributed by atoms with Crippen LogP contribution in [0.15, 0.2) is 54.7 Å². The topological polar surface area (TPSA) is 53.9 Å². The lowest BCUT2D eigenvalue weighted by Crippen LogP contribution is -2.23. The second-order valence-electron chi connectivity index (χ2n) is 6.42. The van der Waals surface area contributed by atoms with Gasteiger partial charge in [-0.05, 0) is 36.5 Å². The van der Waals surface area contributed by atoms with Crippen molar-refractivity contribution < 1.29 is 0 Å². The predicted molar refractivity (Wildman–Crippen MR) is 111 cm³/mol. The maximum atomic E-state index is 4.73. The molecule has 1 heterocycles. The van der Waals surface area contributed by atoms with E-state index in [1.54, 1.807) is 6.20 Å². The number of aryl methyl sites for hydroxylation is 2. The third kappa shape index (κ3) is 4.61. The minimum absolute atomic E-state index is 0.537. The average Bonchev–Trinajstić information content (AvgIpc) is 2.73. The minimum Gasteiger partial charge on any atom is -0.351 e. The van der Waals surface area contributed by atoms with Crippen molar-refractivity contribution in [1.29, 1.82) is 0 Å². The van der Waals surface area contributed by atoms with Crippen LogP contribution in [0.4, 0.5) is 17.5 Å². The fourth-order valence-electron chi connectivity index (χ4n) is 3.17. The van der Waals surface area contributed by atoms with Crippen LogP contribution in [0.5, 0.6) is 0 Å². The molecule has 0 unspecified atom stereocenters. The number of aromatic nitrogens is 3. The van der Waals surface area contributed by atoms with Gasteiger partial charge in [-0.15, -0.1) is 5.10 Å². The summed E-state index contributed by atoms with van der Waals surface area (Å²) in [6.07, 6.45) is 3.64. The van der Waals surface area contributed by atoms with Gasteiger partial charge < -0.3 is 10.2 Å². The van der Waals surface area contributed by atoms with Gasteiger partial charge in [-0.3, -0.25) is 0 Å².